The van der Waals surface area contributed by atoms with Crippen LogP contribution in [0.3, 0.4) is 0 Å². The number of ether oxygens (including phenoxy) is 1. The van der Waals surface area contributed by atoms with Crippen molar-refractivity contribution in [2.75, 3.05) is 20.2 Å². The fourth-order valence-electron chi connectivity index (χ4n) is 3.09. The van der Waals surface area contributed by atoms with Gasteiger partial charge < -0.3 is 4.74 Å². The van der Waals surface area contributed by atoms with Crippen LogP contribution in [-0.4, -0.2) is 38.8 Å². The van der Waals surface area contributed by atoms with Gasteiger partial charge in [-0.05, 0) is 30.5 Å². The largest absolute Gasteiger partial charge is 0.496 e. The third kappa shape index (κ3) is 3.39. The van der Waals surface area contributed by atoms with Gasteiger partial charge in [-0.15, -0.1) is 0 Å². The summed E-state index contributed by atoms with van der Waals surface area (Å²) in [6, 6.07) is 13.2. The second-order valence-corrected chi connectivity index (χ2v) is 7.96. The van der Waals surface area contributed by atoms with Crippen molar-refractivity contribution in [2.45, 2.75) is 25.2 Å². The molecule has 3 rings (SSSR count). The average molecular weight is 358 g/mol. The van der Waals surface area contributed by atoms with Crippen LogP contribution in [0.1, 0.15) is 16.7 Å². The molecule has 0 amide bonds. The first-order valence-electron chi connectivity index (χ1n) is 8.18. The van der Waals surface area contributed by atoms with E-state index in [-0.39, 0.29) is 4.90 Å². The number of amidine groups is 1. The normalized spacial score (nSPS) is 14.5. The van der Waals surface area contributed by atoms with E-state index in [0.29, 0.717) is 36.7 Å². The summed E-state index contributed by atoms with van der Waals surface area (Å²) < 4.78 is 33.2. The SMILES string of the molecule is COc1cc(S(=O)(=O)N2CCN=C2Cc2ccccc2)c(C)cc1C. The molecule has 0 aromatic heterocycles. The van der Waals surface area contributed by atoms with Gasteiger partial charge in [-0.2, -0.15) is 0 Å². The molecule has 25 heavy (non-hydrogen) atoms. The second-order valence-electron chi connectivity index (χ2n) is 6.12. The first kappa shape index (κ1) is 17.5. The highest BCUT2D eigenvalue weighted by Crippen LogP contribution is 2.29. The van der Waals surface area contributed by atoms with Gasteiger partial charge in [-0.3, -0.25) is 9.30 Å². The molecule has 132 valence electrons. The van der Waals surface area contributed by atoms with E-state index in [1.54, 1.807) is 13.2 Å². The van der Waals surface area contributed by atoms with E-state index in [2.05, 4.69) is 4.99 Å². The first-order valence-corrected chi connectivity index (χ1v) is 9.62. The van der Waals surface area contributed by atoms with Crippen molar-refractivity contribution in [1.29, 1.82) is 0 Å². The second kappa shape index (κ2) is 6.88. The molecule has 0 bridgehead atoms. The molecule has 0 saturated heterocycles. The molecule has 1 aliphatic heterocycles. The minimum absolute atomic E-state index is 0.276. The van der Waals surface area contributed by atoms with Crippen LogP contribution in [0.4, 0.5) is 0 Å². The molecule has 1 aliphatic rings. The Morgan fingerprint density at radius 3 is 2.52 bits per heavy atom. The van der Waals surface area contributed by atoms with Gasteiger partial charge in [0.1, 0.15) is 11.6 Å². The van der Waals surface area contributed by atoms with Gasteiger partial charge in [0.25, 0.3) is 10.0 Å². The van der Waals surface area contributed by atoms with Crippen LogP contribution in [0.15, 0.2) is 52.4 Å². The molecule has 0 radical (unpaired) electrons. The lowest BCUT2D eigenvalue weighted by molar-refractivity contribution is 0.410. The molecule has 2 aromatic rings. The van der Waals surface area contributed by atoms with E-state index in [4.69, 9.17) is 4.74 Å². The van der Waals surface area contributed by atoms with Crippen LogP contribution >= 0.6 is 0 Å². The summed E-state index contributed by atoms with van der Waals surface area (Å²) in [5, 5.41) is 0. The molecular weight excluding hydrogens is 336 g/mol. The summed E-state index contributed by atoms with van der Waals surface area (Å²) in [6.07, 6.45) is 0.502. The Morgan fingerprint density at radius 1 is 1.12 bits per heavy atom. The minimum atomic E-state index is -3.67. The van der Waals surface area contributed by atoms with Crippen molar-refractivity contribution in [1.82, 2.24) is 4.31 Å². The topological polar surface area (TPSA) is 59.0 Å². The quantitative estimate of drug-likeness (QED) is 0.826. The van der Waals surface area contributed by atoms with Gasteiger partial charge in [-0.25, -0.2) is 8.42 Å². The number of sulfonamides is 1. The highest BCUT2D eigenvalue weighted by Gasteiger charge is 2.32. The fraction of sp³-hybridized carbons (Fsp3) is 0.316. The molecule has 0 unspecified atom stereocenters. The van der Waals surface area contributed by atoms with Crippen LogP contribution < -0.4 is 4.74 Å². The minimum Gasteiger partial charge on any atom is -0.496 e. The monoisotopic (exact) mass is 358 g/mol. The Labute approximate surface area is 149 Å². The summed E-state index contributed by atoms with van der Waals surface area (Å²) in [4.78, 5) is 4.70. The Bertz CT molecular complexity index is 906. The smallest absolute Gasteiger partial charge is 0.265 e. The van der Waals surface area contributed by atoms with Gasteiger partial charge in [-0.1, -0.05) is 36.4 Å². The van der Waals surface area contributed by atoms with Gasteiger partial charge in [0.15, 0.2) is 0 Å². The van der Waals surface area contributed by atoms with Gasteiger partial charge in [0.05, 0.1) is 25.1 Å². The van der Waals surface area contributed by atoms with Crippen molar-refractivity contribution in [3.05, 3.63) is 59.2 Å². The average Bonchev–Trinajstić information content (AvgIpc) is 3.04. The third-order valence-electron chi connectivity index (χ3n) is 4.35. The van der Waals surface area contributed by atoms with E-state index in [9.17, 15) is 8.42 Å². The van der Waals surface area contributed by atoms with Crippen molar-refractivity contribution in [3.8, 4) is 5.75 Å². The first-order chi connectivity index (χ1) is 11.9. The Hall–Kier alpha value is -2.34. The molecule has 0 spiro atoms. The molecule has 1 heterocycles. The number of aliphatic imine (C=N–C) groups is 1. The van der Waals surface area contributed by atoms with Gasteiger partial charge >= 0.3 is 0 Å². The van der Waals surface area contributed by atoms with Crippen molar-refractivity contribution < 1.29 is 13.2 Å². The zero-order chi connectivity index (χ0) is 18.0. The molecule has 5 nitrogen and oxygen atoms in total. The molecule has 0 fully saturated rings. The maximum Gasteiger partial charge on any atom is 0.265 e. The van der Waals surface area contributed by atoms with Gasteiger partial charge in [0.2, 0.25) is 0 Å². The van der Waals surface area contributed by atoms with Crippen LogP contribution in [0.25, 0.3) is 0 Å². The van der Waals surface area contributed by atoms with Gasteiger partial charge in [0, 0.05) is 12.5 Å². The highest BCUT2D eigenvalue weighted by molar-refractivity contribution is 7.89. The summed E-state index contributed by atoms with van der Waals surface area (Å²) in [6.45, 7) is 4.58. The van der Waals surface area contributed by atoms with Crippen LogP contribution in [0.2, 0.25) is 0 Å². The highest BCUT2D eigenvalue weighted by atomic mass is 32.2. The van der Waals surface area contributed by atoms with Crippen molar-refractivity contribution in [2.24, 2.45) is 4.99 Å². The number of methoxy groups -OCH3 is 1. The number of benzene rings is 2. The van der Waals surface area contributed by atoms with Crippen LogP contribution in [-0.2, 0) is 16.4 Å². The van der Waals surface area contributed by atoms with Crippen molar-refractivity contribution >= 4 is 15.9 Å². The maximum absolute atomic E-state index is 13.2. The van der Waals surface area contributed by atoms with Crippen LogP contribution in [0.5, 0.6) is 5.75 Å². The number of hydrogen-bond acceptors (Lipinski definition) is 4. The number of hydrogen-bond donors (Lipinski definition) is 0. The summed E-state index contributed by atoms with van der Waals surface area (Å²) in [5.41, 5.74) is 2.67. The van der Waals surface area contributed by atoms with E-state index in [0.717, 1.165) is 11.1 Å². The predicted molar refractivity (Wildman–Crippen MR) is 98.8 cm³/mol. The molecule has 0 aliphatic carbocycles. The lowest BCUT2D eigenvalue weighted by Gasteiger charge is -2.22. The summed E-state index contributed by atoms with van der Waals surface area (Å²) in [5.74, 6) is 1.16. The Kier molecular flexibility index (Phi) is 4.81. The zero-order valence-electron chi connectivity index (χ0n) is 14.7. The Morgan fingerprint density at radius 2 is 1.84 bits per heavy atom. The lowest BCUT2D eigenvalue weighted by atomic mass is 10.1. The van der Waals surface area contributed by atoms with E-state index < -0.39 is 10.0 Å². The molecule has 2 aromatic carbocycles. The van der Waals surface area contributed by atoms with Crippen LogP contribution in [0, 0.1) is 13.8 Å². The standard InChI is InChI=1S/C19H22N2O3S/c1-14-11-15(2)18(13-17(14)24-3)25(22,23)21-10-9-20-19(21)12-16-7-5-4-6-8-16/h4-8,11,13H,9-10,12H2,1-3H3. The molecular formula is C19H22N2O3S. The maximum atomic E-state index is 13.2. The predicted octanol–water partition coefficient (Wildman–Crippen LogP) is 2.96. The summed E-state index contributed by atoms with van der Waals surface area (Å²) in [7, 11) is -2.12. The Balaban J connectivity index is 1.96. The number of nitrogens with zero attached hydrogens (tertiary/aromatic N) is 2. The molecule has 0 N–H and O–H groups in total. The molecule has 0 saturated carbocycles. The molecule has 6 heteroatoms. The van der Waals surface area contributed by atoms with E-state index >= 15 is 0 Å². The summed E-state index contributed by atoms with van der Waals surface area (Å²) >= 11 is 0. The van der Waals surface area contributed by atoms with E-state index in [1.165, 1.54) is 4.31 Å². The van der Waals surface area contributed by atoms with Crippen molar-refractivity contribution in [3.63, 3.8) is 0 Å². The molecule has 0 atom stereocenters. The third-order valence-corrected chi connectivity index (χ3v) is 6.32. The fourth-order valence-corrected chi connectivity index (χ4v) is 4.77. The lowest BCUT2D eigenvalue weighted by Crippen LogP contribution is -2.35. The zero-order valence-corrected chi connectivity index (χ0v) is 15.5. The number of rotatable bonds is 5. The number of aryl methyl sites for hydroxylation is 2. The van der Waals surface area contributed by atoms with E-state index in [1.807, 2.05) is 50.2 Å².